The van der Waals surface area contributed by atoms with E-state index >= 15 is 0 Å². The van der Waals surface area contributed by atoms with Crippen LogP contribution in [0, 0.1) is 0 Å². The van der Waals surface area contributed by atoms with Crippen molar-refractivity contribution in [2.24, 2.45) is 0 Å². The summed E-state index contributed by atoms with van der Waals surface area (Å²) in [4.78, 5) is 27.8. The molecule has 1 aromatic heterocycles. The summed E-state index contributed by atoms with van der Waals surface area (Å²) in [6.45, 7) is 4.63. The van der Waals surface area contributed by atoms with Crippen LogP contribution >= 0.6 is 0 Å². The first kappa shape index (κ1) is 19.7. The minimum absolute atomic E-state index is 0.0817. The van der Waals surface area contributed by atoms with Crippen molar-refractivity contribution in [2.75, 3.05) is 45.3 Å². The summed E-state index contributed by atoms with van der Waals surface area (Å²) in [6.07, 6.45) is 6.44. The molecular weight excluding hydrogens is 369 g/mol. The Morgan fingerprint density at radius 2 is 2.07 bits per heavy atom. The second-order valence-corrected chi connectivity index (χ2v) is 7.68. The molecule has 8 nitrogen and oxygen atoms in total. The van der Waals surface area contributed by atoms with Crippen molar-refractivity contribution in [3.8, 4) is 0 Å². The number of rotatable bonds is 4. The predicted octanol–water partition coefficient (Wildman–Crippen LogP) is 1.54. The zero-order valence-electron chi connectivity index (χ0n) is 17.1. The molecule has 0 bridgehead atoms. The van der Waals surface area contributed by atoms with Crippen molar-refractivity contribution >= 4 is 29.8 Å². The van der Waals surface area contributed by atoms with Crippen LogP contribution in [0.1, 0.15) is 28.4 Å². The molecule has 9 heteroatoms. The summed E-state index contributed by atoms with van der Waals surface area (Å²) in [6, 6.07) is 3.60. The zero-order chi connectivity index (χ0) is 20.5. The third kappa shape index (κ3) is 3.80. The molecule has 2 aliphatic rings. The van der Waals surface area contributed by atoms with E-state index < -0.39 is 7.05 Å². The summed E-state index contributed by atoms with van der Waals surface area (Å²) in [5.74, 6) is 0.727. The third-order valence-corrected chi connectivity index (χ3v) is 5.44. The Labute approximate surface area is 170 Å². The van der Waals surface area contributed by atoms with E-state index in [-0.39, 0.29) is 11.9 Å². The average Bonchev–Trinajstić information content (AvgIpc) is 3.22. The van der Waals surface area contributed by atoms with Crippen LogP contribution in [0.5, 0.6) is 0 Å². The summed E-state index contributed by atoms with van der Waals surface area (Å²) < 4.78 is 5.44. The van der Waals surface area contributed by atoms with Crippen molar-refractivity contribution in [1.82, 2.24) is 19.7 Å². The highest BCUT2D eigenvalue weighted by molar-refractivity contribution is 6.45. The predicted molar refractivity (Wildman–Crippen MR) is 113 cm³/mol. The van der Waals surface area contributed by atoms with Gasteiger partial charge in [-0.15, -0.1) is 0 Å². The van der Waals surface area contributed by atoms with Crippen molar-refractivity contribution in [3.05, 3.63) is 41.7 Å². The molecule has 4 rings (SSSR count). The van der Waals surface area contributed by atoms with Crippen LogP contribution < -0.4 is 4.90 Å². The lowest BCUT2D eigenvalue weighted by atomic mass is 9.82. The second kappa shape index (κ2) is 8.00. The van der Waals surface area contributed by atoms with Crippen molar-refractivity contribution in [3.63, 3.8) is 0 Å². The quantitative estimate of drug-likeness (QED) is 0.787. The maximum atomic E-state index is 12.7. The molecule has 0 saturated carbocycles. The van der Waals surface area contributed by atoms with E-state index in [0.29, 0.717) is 24.3 Å². The molecule has 0 spiro atoms. The van der Waals surface area contributed by atoms with Gasteiger partial charge in [-0.3, -0.25) is 9.78 Å². The number of morpholine rings is 1. The van der Waals surface area contributed by atoms with Crippen molar-refractivity contribution < 1.29 is 14.6 Å². The first-order valence-electron chi connectivity index (χ1n) is 9.93. The first-order chi connectivity index (χ1) is 14.0. The number of nitrogens with zero attached hydrogens (tertiary/aromatic N) is 5. The Morgan fingerprint density at radius 1 is 1.31 bits per heavy atom. The fourth-order valence-electron chi connectivity index (χ4n) is 3.92. The van der Waals surface area contributed by atoms with E-state index in [9.17, 15) is 9.82 Å². The van der Waals surface area contributed by atoms with Gasteiger partial charge < -0.3 is 24.4 Å². The largest absolute Gasteiger partial charge is 0.432 e. The highest BCUT2D eigenvalue weighted by atomic mass is 16.5. The average molecular weight is 395 g/mol. The molecule has 1 aromatic carbocycles. The molecule has 1 fully saturated rings. The van der Waals surface area contributed by atoms with Gasteiger partial charge in [0.15, 0.2) is 0 Å². The van der Waals surface area contributed by atoms with Crippen LogP contribution in [0.25, 0.3) is 11.0 Å². The Balaban J connectivity index is 1.84. The number of hydrogen-bond donors (Lipinski definition) is 1. The van der Waals surface area contributed by atoms with Gasteiger partial charge in [0.05, 0.1) is 30.4 Å². The lowest BCUT2D eigenvalue weighted by Gasteiger charge is -2.30. The van der Waals surface area contributed by atoms with Crippen LogP contribution in [0.15, 0.2) is 30.6 Å². The van der Waals surface area contributed by atoms with Gasteiger partial charge in [0.25, 0.3) is 5.91 Å². The molecule has 2 aliphatic heterocycles. The molecule has 1 atom stereocenters. The number of carbonyl (C=O) groups excluding carboxylic acids is 1. The molecular formula is C20H26BN5O3. The normalized spacial score (nSPS) is 19.1. The number of anilines is 1. The summed E-state index contributed by atoms with van der Waals surface area (Å²) >= 11 is 0. The van der Waals surface area contributed by atoms with Gasteiger partial charge in [-0.1, -0.05) is 6.08 Å². The maximum absolute atomic E-state index is 12.7. The molecule has 1 amide bonds. The van der Waals surface area contributed by atoms with E-state index in [1.54, 1.807) is 38.1 Å². The fourth-order valence-corrected chi connectivity index (χ4v) is 3.92. The Bertz CT molecular complexity index is 943. The van der Waals surface area contributed by atoms with Crippen LogP contribution in [0.4, 0.5) is 5.82 Å². The van der Waals surface area contributed by atoms with Gasteiger partial charge in [-0.05, 0) is 31.6 Å². The summed E-state index contributed by atoms with van der Waals surface area (Å²) in [5, 5.41) is 10.2. The molecule has 152 valence electrons. The Kier molecular flexibility index (Phi) is 5.42. The zero-order valence-corrected chi connectivity index (χ0v) is 17.1. The number of benzene rings is 1. The van der Waals surface area contributed by atoms with Crippen LogP contribution in [0.3, 0.4) is 0 Å². The molecule has 1 unspecified atom stereocenters. The van der Waals surface area contributed by atoms with Gasteiger partial charge in [-0.2, -0.15) is 0 Å². The minimum atomic E-state index is -0.641. The SMILES string of the molecule is CB(O)N1C=CCC1c1cc(C(=O)N(C)C)cc2ncc(N3CCOCC3)nc12. The number of aromatic nitrogens is 2. The van der Waals surface area contributed by atoms with Crippen molar-refractivity contribution in [2.45, 2.75) is 19.3 Å². The highest BCUT2D eigenvalue weighted by Crippen LogP contribution is 2.35. The van der Waals surface area contributed by atoms with Gasteiger partial charge in [0.1, 0.15) is 5.82 Å². The van der Waals surface area contributed by atoms with Gasteiger partial charge >= 0.3 is 7.05 Å². The van der Waals surface area contributed by atoms with E-state index in [0.717, 1.165) is 36.4 Å². The van der Waals surface area contributed by atoms with E-state index in [1.807, 2.05) is 23.2 Å². The maximum Gasteiger partial charge on any atom is 0.409 e. The topological polar surface area (TPSA) is 82.0 Å². The van der Waals surface area contributed by atoms with E-state index in [4.69, 9.17) is 9.72 Å². The number of amides is 1. The molecule has 2 aromatic rings. The fraction of sp³-hybridized carbons (Fsp3) is 0.450. The van der Waals surface area contributed by atoms with E-state index in [2.05, 4.69) is 9.88 Å². The monoisotopic (exact) mass is 395 g/mol. The molecule has 1 N–H and O–H groups in total. The molecule has 0 aliphatic carbocycles. The minimum Gasteiger partial charge on any atom is -0.432 e. The Hall–Kier alpha value is -2.65. The lowest BCUT2D eigenvalue weighted by molar-refractivity contribution is 0.0827. The number of carbonyl (C=O) groups is 1. The van der Waals surface area contributed by atoms with Crippen molar-refractivity contribution in [1.29, 1.82) is 0 Å². The van der Waals surface area contributed by atoms with Gasteiger partial charge in [-0.25, -0.2) is 4.98 Å². The summed E-state index contributed by atoms with van der Waals surface area (Å²) in [7, 11) is 2.83. The first-order valence-corrected chi connectivity index (χ1v) is 9.93. The smallest absolute Gasteiger partial charge is 0.409 e. The van der Waals surface area contributed by atoms with E-state index in [1.165, 1.54) is 0 Å². The van der Waals surface area contributed by atoms with Crippen LogP contribution in [-0.4, -0.2) is 78.1 Å². The van der Waals surface area contributed by atoms with Crippen LogP contribution in [-0.2, 0) is 4.74 Å². The molecule has 3 heterocycles. The standard InChI is InChI=1S/C20H26BN5O3/c1-21(28)26-6-4-5-17(26)15-11-14(20(27)24(2)3)12-16-19(15)23-18(13-22-16)25-7-9-29-10-8-25/h4,6,11-13,17,28H,5,7-10H2,1-3H3. The number of hydrogen-bond acceptors (Lipinski definition) is 7. The number of ether oxygens (including phenoxy) is 1. The third-order valence-electron chi connectivity index (χ3n) is 5.44. The highest BCUT2D eigenvalue weighted by Gasteiger charge is 2.30. The Morgan fingerprint density at radius 3 is 2.76 bits per heavy atom. The second-order valence-electron chi connectivity index (χ2n) is 7.68. The van der Waals surface area contributed by atoms with Crippen LogP contribution in [0.2, 0.25) is 6.82 Å². The molecule has 0 radical (unpaired) electrons. The summed E-state index contributed by atoms with van der Waals surface area (Å²) in [5.41, 5.74) is 2.93. The molecule has 1 saturated heterocycles. The van der Waals surface area contributed by atoms with Gasteiger partial charge in [0.2, 0.25) is 0 Å². The number of fused-ring (bicyclic) bond motifs is 1. The van der Waals surface area contributed by atoms with Gasteiger partial charge in [0, 0.05) is 44.4 Å². The lowest BCUT2D eigenvalue weighted by Crippen LogP contribution is -2.37. The molecule has 29 heavy (non-hydrogen) atoms.